The van der Waals surface area contributed by atoms with Crippen molar-refractivity contribution in [3.8, 4) is 11.8 Å². The molecule has 2 N–H and O–H groups in total. The second-order valence-corrected chi connectivity index (χ2v) is 9.17. The lowest BCUT2D eigenvalue weighted by atomic mass is 10.0. The summed E-state index contributed by atoms with van der Waals surface area (Å²) in [4.78, 5) is 38.5. The van der Waals surface area contributed by atoms with Crippen molar-refractivity contribution in [3.05, 3.63) is 77.4 Å². The maximum absolute atomic E-state index is 13.2. The van der Waals surface area contributed by atoms with E-state index in [0.29, 0.717) is 45.3 Å². The number of nitrogens with one attached hydrogen (secondary N) is 2. The first-order chi connectivity index (χ1) is 18.1. The quantitative estimate of drug-likeness (QED) is 0.235. The Balaban J connectivity index is 1.35. The van der Waals surface area contributed by atoms with Crippen molar-refractivity contribution in [1.82, 2.24) is 10.6 Å². The van der Waals surface area contributed by atoms with Crippen LogP contribution in [0.2, 0.25) is 0 Å². The Morgan fingerprint density at radius 1 is 0.811 bits per heavy atom. The van der Waals surface area contributed by atoms with Crippen molar-refractivity contribution in [2.75, 3.05) is 18.0 Å². The molecule has 194 valence electrons. The molecular weight excluding hydrogens is 462 g/mol. The zero-order chi connectivity index (χ0) is 26.3. The van der Waals surface area contributed by atoms with Gasteiger partial charge in [0.2, 0.25) is 17.7 Å². The molecule has 3 rings (SSSR count). The third kappa shape index (κ3) is 9.27. The summed E-state index contributed by atoms with van der Waals surface area (Å²) in [5.74, 6) is 6.49. The number of para-hydroxylation sites is 1. The molecule has 0 bridgehead atoms. The third-order valence-electron chi connectivity index (χ3n) is 6.26. The van der Waals surface area contributed by atoms with Gasteiger partial charge in [0.1, 0.15) is 0 Å². The number of amides is 3. The number of allylic oxidation sites excluding steroid dienone is 1. The van der Waals surface area contributed by atoms with Crippen LogP contribution in [0.25, 0.3) is 0 Å². The van der Waals surface area contributed by atoms with E-state index in [-0.39, 0.29) is 17.7 Å². The lowest BCUT2D eigenvalue weighted by molar-refractivity contribution is -0.122. The van der Waals surface area contributed by atoms with E-state index in [9.17, 15) is 14.4 Å². The monoisotopic (exact) mass is 499 g/mol. The number of nitrogens with zero attached hydrogens (tertiary/aromatic N) is 1. The molecule has 0 unspecified atom stereocenters. The van der Waals surface area contributed by atoms with Crippen LogP contribution in [0, 0.1) is 11.8 Å². The summed E-state index contributed by atoms with van der Waals surface area (Å²) in [6.45, 7) is 3.65. The van der Waals surface area contributed by atoms with Crippen LogP contribution in [0.4, 0.5) is 5.69 Å². The van der Waals surface area contributed by atoms with Gasteiger partial charge in [0, 0.05) is 37.1 Å². The van der Waals surface area contributed by atoms with Gasteiger partial charge < -0.3 is 15.5 Å². The van der Waals surface area contributed by atoms with E-state index < -0.39 is 0 Å². The lowest BCUT2D eigenvalue weighted by Gasteiger charge is -2.26. The van der Waals surface area contributed by atoms with E-state index in [0.717, 1.165) is 48.1 Å². The van der Waals surface area contributed by atoms with Crippen LogP contribution in [0.3, 0.4) is 0 Å². The predicted octanol–water partition coefficient (Wildman–Crippen LogP) is 4.86. The van der Waals surface area contributed by atoms with E-state index in [1.54, 1.807) is 6.08 Å². The van der Waals surface area contributed by atoms with Crippen LogP contribution in [0.15, 0.2) is 60.7 Å². The van der Waals surface area contributed by atoms with Gasteiger partial charge in [0.05, 0.1) is 12.2 Å². The SMILES string of the molecule is C/C=C/C(=O)NCCCCCCNC(=O)CCCCC(=O)N1Cc2ccccc2C#Cc2ccccc21. The number of hydrogen-bond donors (Lipinski definition) is 2. The summed E-state index contributed by atoms with van der Waals surface area (Å²) in [7, 11) is 0. The van der Waals surface area contributed by atoms with Gasteiger partial charge in [-0.1, -0.05) is 61.1 Å². The molecule has 6 nitrogen and oxygen atoms in total. The largest absolute Gasteiger partial charge is 0.356 e. The molecule has 1 aliphatic rings. The van der Waals surface area contributed by atoms with Crippen LogP contribution in [-0.4, -0.2) is 30.8 Å². The van der Waals surface area contributed by atoms with Gasteiger partial charge in [-0.25, -0.2) is 0 Å². The highest BCUT2D eigenvalue weighted by Gasteiger charge is 2.20. The first-order valence-electron chi connectivity index (χ1n) is 13.2. The number of benzene rings is 2. The normalized spacial score (nSPS) is 12.0. The molecule has 0 saturated carbocycles. The Bertz CT molecular complexity index is 1160. The van der Waals surface area contributed by atoms with E-state index in [1.165, 1.54) is 6.08 Å². The number of anilines is 1. The molecule has 0 fully saturated rings. The van der Waals surface area contributed by atoms with Crippen molar-refractivity contribution in [2.45, 2.75) is 64.8 Å². The van der Waals surface area contributed by atoms with Crippen molar-refractivity contribution < 1.29 is 14.4 Å². The molecule has 6 heteroatoms. The topological polar surface area (TPSA) is 78.5 Å². The molecule has 0 aromatic heterocycles. The fourth-order valence-corrected chi connectivity index (χ4v) is 4.25. The summed E-state index contributed by atoms with van der Waals surface area (Å²) < 4.78 is 0. The fourth-order valence-electron chi connectivity index (χ4n) is 4.25. The zero-order valence-electron chi connectivity index (χ0n) is 21.7. The Hall–Kier alpha value is -3.85. The van der Waals surface area contributed by atoms with Crippen molar-refractivity contribution in [2.24, 2.45) is 0 Å². The van der Waals surface area contributed by atoms with Crippen LogP contribution >= 0.6 is 0 Å². The highest BCUT2D eigenvalue weighted by molar-refractivity contribution is 5.95. The Kier molecular flexibility index (Phi) is 11.5. The smallest absolute Gasteiger partial charge is 0.243 e. The van der Waals surface area contributed by atoms with Gasteiger partial charge in [0.15, 0.2) is 0 Å². The number of unbranched alkanes of at least 4 members (excludes halogenated alkanes) is 4. The standard InChI is InChI=1S/C31H37N3O3/c1-2-13-29(35)32-22-11-3-4-12-23-33-30(36)18-9-10-19-31(37)34-24-27-16-6-5-14-25(27)20-21-26-15-7-8-17-28(26)34/h2,5-8,13-17H,3-4,9-12,18-19,22-24H2,1H3,(H,32,35)(H,33,36)/b13-2+. The first kappa shape index (κ1) is 27.7. The van der Waals surface area contributed by atoms with Crippen LogP contribution in [0.5, 0.6) is 0 Å². The van der Waals surface area contributed by atoms with E-state index in [4.69, 9.17) is 0 Å². The molecule has 0 aliphatic carbocycles. The van der Waals surface area contributed by atoms with Crippen LogP contribution in [0.1, 0.15) is 75.0 Å². The molecule has 0 spiro atoms. The maximum atomic E-state index is 13.2. The Morgan fingerprint density at radius 3 is 2.24 bits per heavy atom. The average Bonchev–Trinajstić information content (AvgIpc) is 2.89. The minimum atomic E-state index is -0.0530. The van der Waals surface area contributed by atoms with E-state index in [2.05, 4.69) is 22.5 Å². The minimum absolute atomic E-state index is 0.0341. The highest BCUT2D eigenvalue weighted by atomic mass is 16.2. The number of rotatable bonds is 13. The molecule has 0 atom stereocenters. The molecule has 37 heavy (non-hydrogen) atoms. The molecule has 1 heterocycles. The maximum Gasteiger partial charge on any atom is 0.243 e. The van der Waals surface area contributed by atoms with Crippen molar-refractivity contribution in [1.29, 1.82) is 0 Å². The van der Waals surface area contributed by atoms with Crippen LogP contribution < -0.4 is 15.5 Å². The van der Waals surface area contributed by atoms with Gasteiger partial charge in [-0.05, 0) is 62.4 Å². The molecule has 2 aromatic rings. The zero-order valence-corrected chi connectivity index (χ0v) is 21.7. The Morgan fingerprint density at radius 2 is 1.46 bits per heavy atom. The summed E-state index contributed by atoms with van der Waals surface area (Å²) in [5.41, 5.74) is 3.67. The average molecular weight is 500 g/mol. The number of carbonyl (C=O) groups is 3. The van der Waals surface area contributed by atoms with Gasteiger partial charge in [-0.15, -0.1) is 0 Å². The molecular formula is C31H37N3O3. The van der Waals surface area contributed by atoms with E-state index in [1.807, 2.05) is 60.4 Å². The van der Waals surface area contributed by atoms with E-state index >= 15 is 0 Å². The molecule has 1 aliphatic heterocycles. The molecule has 3 amide bonds. The first-order valence-corrected chi connectivity index (χ1v) is 13.2. The van der Waals surface area contributed by atoms with Gasteiger partial charge in [-0.2, -0.15) is 0 Å². The van der Waals surface area contributed by atoms with Gasteiger partial charge in [0.25, 0.3) is 0 Å². The van der Waals surface area contributed by atoms with Crippen molar-refractivity contribution in [3.63, 3.8) is 0 Å². The fraction of sp³-hybridized carbons (Fsp3) is 0.387. The summed E-state index contributed by atoms with van der Waals surface area (Å²) in [6.07, 6.45) is 9.29. The summed E-state index contributed by atoms with van der Waals surface area (Å²) in [6, 6.07) is 15.7. The molecule has 0 saturated heterocycles. The molecule has 2 aromatic carbocycles. The van der Waals surface area contributed by atoms with Crippen molar-refractivity contribution >= 4 is 23.4 Å². The number of carbonyl (C=O) groups excluding carboxylic acids is 3. The third-order valence-corrected chi connectivity index (χ3v) is 6.26. The molecule has 0 radical (unpaired) electrons. The lowest BCUT2D eigenvalue weighted by Crippen LogP contribution is -2.31. The summed E-state index contributed by atoms with van der Waals surface area (Å²) >= 11 is 0. The number of hydrogen-bond acceptors (Lipinski definition) is 3. The second kappa shape index (κ2) is 15.3. The highest BCUT2D eigenvalue weighted by Crippen LogP contribution is 2.26. The van der Waals surface area contributed by atoms with Crippen LogP contribution in [-0.2, 0) is 20.9 Å². The van der Waals surface area contributed by atoms with Gasteiger partial charge >= 0.3 is 0 Å². The second-order valence-electron chi connectivity index (χ2n) is 9.17. The predicted molar refractivity (Wildman–Crippen MR) is 148 cm³/mol. The summed E-state index contributed by atoms with van der Waals surface area (Å²) in [5, 5.41) is 5.81. The minimum Gasteiger partial charge on any atom is -0.356 e. The number of fused-ring (bicyclic) bond motifs is 2. The van der Waals surface area contributed by atoms with Gasteiger partial charge in [-0.3, -0.25) is 14.4 Å². The Labute approximate surface area is 220 Å².